The first-order chi connectivity index (χ1) is 15.2. The molecule has 10 heteroatoms. The number of benzene rings is 1. The topological polar surface area (TPSA) is 117 Å². The third kappa shape index (κ3) is 5.02. The SMILES string of the molecule is COC(=O)c1ccc(NC(=O)Cn2cnc3sc(C(=O)OCC(C)C)c(C)c3c2=O)cc1. The maximum Gasteiger partial charge on any atom is 0.348 e. The molecular formula is C22H23N3O6S. The van der Waals surface area contributed by atoms with Crippen molar-refractivity contribution in [2.75, 3.05) is 19.0 Å². The number of fused-ring (bicyclic) bond motifs is 1. The van der Waals surface area contributed by atoms with Gasteiger partial charge in [-0.1, -0.05) is 13.8 Å². The summed E-state index contributed by atoms with van der Waals surface area (Å²) >= 11 is 1.10. The number of rotatable bonds is 7. The summed E-state index contributed by atoms with van der Waals surface area (Å²) < 4.78 is 11.1. The van der Waals surface area contributed by atoms with Gasteiger partial charge in [-0.2, -0.15) is 0 Å². The first-order valence-corrected chi connectivity index (χ1v) is 10.7. The van der Waals surface area contributed by atoms with Crippen molar-refractivity contribution in [3.63, 3.8) is 0 Å². The molecule has 32 heavy (non-hydrogen) atoms. The molecule has 2 heterocycles. The largest absolute Gasteiger partial charge is 0.465 e. The first-order valence-electron chi connectivity index (χ1n) is 9.85. The molecule has 0 atom stereocenters. The minimum atomic E-state index is -0.488. The van der Waals surface area contributed by atoms with E-state index in [1.165, 1.54) is 30.1 Å². The number of methoxy groups -OCH3 is 1. The zero-order chi connectivity index (χ0) is 23.4. The third-order valence-corrected chi connectivity index (χ3v) is 5.73. The highest BCUT2D eigenvalue weighted by Crippen LogP contribution is 2.27. The van der Waals surface area contributed by atoms with Gasteiger partial charge in [-0.05, 0) is 42.7 Å². The second-order valence-electron chi connectivity index (χ2n) is 7.52. The van der Waals surface area contributed by atoms with E-state index in [0.29, 0.717) is 31.9 Å². The van der Waals surface area contributed by atoms with Crippen LogP contribution in [-0.4, -0.2) is 41.1 Å². The number of ether oxygens (including phenoxy) is 2. The molecule has 1 aromatic carbocycles. The summed E-state index contributed by atoms with van der Waals surface area (Å²) in [5.41, 5.74) is 0.894. The second kappa shape index (κ2) is 9.73. The Morgan fingerprint density at radius 2 is 1.84 bits per heavy atom. The quantitative estimate of drug-likeness (QED) is 0.542. The van der Waals surface area contributed by atoms with E-state index in [9.17, 15) is 19.2 Å². The number of aryl methyl sites for hydroxylation is 1. The van der Waals surface area contributed by atoms with E-state index in [1.807, 2.05) is 13.8 Å². The highest BCUT2D eigenvalue weighted by molar-refractivity contribution is 7.20. The molecule has 3 aromatic rings. The van der Waals surface area contributed by atoms with Crippen LogP contribution in [0.3, 0.4) is 0 Å². The van der Waals surface area contributed by atoms with Crippen LogP contribution >= 0.6 is 11.3 Å². The zero-order valence-electron chi connectivity index (χ0n) is 18.1. The lowest BCUT2D eigenvalue weighted by atomic mass is 10.2. The number of anilines is 1. The fourth-order valence-corrected chi connectivity index (χ4v) is 3.97. The summed E-state index contributed by atoms with van der Waals surface area (Å²) in [6.07, 6.45) is 1.28. The van der Waals surface area contributed by atoms with Crippen molar-refractivity contribution >= 4 is 45.1 Å². The van der Waals surface area contributed by atoms with Crippen molar-refractivity contribution in [1.29, 1.82) is 0 Å². The van der Waals surface area contributed by atoms with E-state index in [1.54, 1.807) is 19.1 Å². The molecule has 168 valence electrons. The molecule has 0 spiro atoms. The molecule has 1 amide bonds. The van der Waals surface area contributed by atoms with Crippen LogP contribution in [-0.2, 0) is 20.8 Å². The Balaban J connectivity index is 1.77. The molecular weight excluding hydrogens is 434 g/mol. The number of aromatic nitrogens is 2. The average Bonchev–Trinajstić information content (AvgIpc) is 3.11. The number of nitrogens with zero attached hydrogens (tertiary/aromatic N) is 2. The molecule has 0 bridgehead atoms. The minimum absolute atomic E-state index is 0.194. The summed E-state index contributed by atoms with van der Waals surface area (Å²) in [5, 5.41) is 2.96. The van der Waals surface area contributed by atoms with Gasteiger partial charge in [-0.3, -0.25) is 14.2 Å². The van der Waals surface area contributed by atoms with Crippen molar-refractivity contribution in [2.45, 2.75) is 27.3 Å². The molecule has 3 rings (SSSR count). The van der Waals surface area contributed by atoms with Crippen LogP contribution in [0.5, 0.6) is 0 Å². The number of thiophene rings is 1. The lowest BCUT2D eigenvalue weighted by Crippen LogP contribution is -2.28. The maximum absolute atomic E-state index is 12.9. The lowest BCUT2D eigenvalue weighted by Gasteiger charge is -2.08. The standard InChI is InChI=1S/C22H23N3O6S/c1-12(2)10-31-22(29)18-13(3)17-19(32-18)23-11-25(20(17)27)9-16(26)24-15-7-5-14(6-8-15)21(28)30-4/h5-8,11-12H,9-10H2,1-4H3,(H,24,26). The Morgan fingerprint density at radius 3 is 2.47 bits per heavy atom. The molecule has 0 unspecified atom stereocenters. The van der Waals surface area contributed by atoms with Crippen LogP contribution in [0.1, 0.15) is 39.4 Å². The molecule has 0 aliphatic heterocycles. The van der Waals surface area contributed by atoms with Gasteiger partial charge in [-0.15, -0.1) is 11.3 Å². The molecule has 0 aliphatic carbocycles. The van der Waals surface area contributed by atoms with E-state index >= 15 is 0 Å². The van der Waals surface area contributed by atoms with Crippen LogP contribution in [0.2, 0.25) is 0 Å². The predicted octanol–water partition coefficient (Wildman–Crippen LogP) is 3.00. The number of carbonyl (C=O) groups is 3. The molecule has 0 fully saturated rings. The smallest absolute Gasteiger partial charge is 0.348 e. The molecule has 9 nitrogen and oxygen atoms in total. The Labute approximate surface area is 188 Å². The number of esters is 2. The van der Waals surface area contributed by atoms with Gasteiger partial charge >= 0.3 is 11.9 Å². The van der Waals surface area contributed by atoms with E-state index in [4.69, 9.17) is 4.74 Å². The van der Waals surface area contributed by atoms with Gasteiger partial charge < -0.3 is 14.8 Å². The van der Waals surface area contributed by atoms with Crippen LogP contribution < -0.4 is 10.9 Å². The highest BCUT2D eigenvalue weighted by Gasteiger charge is 2.21. The van der Waals surface area contributed by atoms with E-state index < -0.39 is 23.4 Å². The van der Waals surface area contributed by atoms with Gasteiger partial charge in [0.05, 0.1) is 31.0 Å². The summed E-state index contributed by atoms with van der Waals surface area (Å²) in [4.78, 5) is 54.2. The Hall–Kier alpha value is -3.53. The number of amides is 1. The van der Waals surface area contributed by atoms with E-state index in [-0.39, 0.29) is 19.1 Å². The normalized spacial score (nSPS) is 10.9. The maximum atomic E-state index is 12.9. The average molecular weight is 458 g/mol. The van der Waals surface area contributed by atoms with E-state index in [0.717, 1.165) is 11.3 Å². The van der Waals surface area contributed by atoms with Gasteiger partial charge in [-0.25, -0.2) is 14.6 Å². The van der Waals surface area contributed by atoms with Crippen LogP contribution in [0.4, 0.5) is 5.69 Å². The second-order valence-corrected chi connectivity index (χ2v) is 8.52. The molecule has 2 aromatic heterocycles. The van der Waals surface area contributed by atoms with Gasteiger partial charge in [0.15, 0.2) is 0 Å². The summed E-state index contributed by atoms with van der Waals surface area (Å²) in [6, 6.07) is 6.17. The Bertz CT molecular complexity index is 1230. The molecule has 0 radical (unpaired) electrons. The van der Waals surface area contributed by atoms with Gasteiger partial charge in [0.2, 0.25) is 5.91 Å². The van der Waals surface area contributed by atoms with Gasteiger partial charge in [0, 0.05) is 5.69 Å². The Kier molecular flexibility index (Phi) is 7.04. The number of carbonyl (C=O) groups excluding carboxylic acids is 3. The van der Waals surface area contributed by atoms with Crippen molar-refractivity contribution in [2.24, 2.45) is 5.92 Å². The summed E-state index contributed by atoms with van der Waals surface area (Å²) in [7, 11) is 1.29. The fourth-order valence-electron chi connectivity index (χ4n) is 2.94. The number of hydrogen-bond acceptors (Lipinski definition) is 8. The lowest BCUT2D eigenvalue weighted by molar-refractivity contribution is -0.116. The monoisotopic (exact) mass is 457 g/mol. The summed E-state index contributed by atoms with van der Waals surface area (Å²) in [5.74, 6) is -1.21. The van der Waals surface area contributed by atoms with Gasteiger partial charge in [0.25, 0.3) is 5.56 Å². The van der Waals surface area contributed by atoms with Crippen LogP contribution in [0.25, 0.3) is 10.2 Å². The molecule has 0 aliphatic rings. The first kappa shape index (κ1) is 23.1. The number of hydrogen-bond donors (Lipinski definition) is 1. The van der Waals surface area contributed by atoms with Crippen molar-refractivity contribution < 1.29 is 23.9 Å². The third-order valence-electron chi connectivity index (χ3n) is 4.55. The van der Waals surface area contributed by atoms with Crippen LogP contribution in [0.15, 0.2) is 35.4 Å². The fraction of sp³-hybridized carbons (Fsp3) is 0.318. The minimum Gasteiger partial charge on any atom is -0.465 e. The Morgan fingerprint density at radius 1 is 1.16 bits per heavy atom. The molecule has 1 N–H and O–H groups in total. The van der Waals surface area contributed by atoms with E-state index in [2.05, 4.69) is 15.0 Å². The van der Waals surface area contributed by atoms with Crippen molar-refractivity contribution in [3.05, 3.63) is 57.0 Å². The van der Waals surface area contributed by atoms with Gasteiger partial charge in [0.1, 0.15) is 16.3 Å². The van der Waals surface area contributed by atoms with Crippen molar-refractivity contribution in [1.82, 2.24) is 9.55 Å². The highest BCUT2D eigenvalue weighted by atomic mass is 32.1. The zero-order valence-corrected chi connectivity index (χ0v) is 18.9. The van der Waals surface area contributed by atoms with Crippen LogP contribution in [0, 0.1) is 12.8 Å². The summed E-state index contributed by atoms with van der Waals surface area (Å²) in [6.45, 7) is 5.56. The molecule has 0 saturated carbocycles. The molecule has 0 saturated heterocycles. The van der Waals surface area contributed by atoms with Crippen molar-refractivity contribution in [3.8, 4) is 0 Å². The predicted molar refractivity (Wildman–Crippen MR) is 120 cm³/mol. The number of nitrogens with one attached hydrogen (secondary N) is 1.